The van der Waals surface area contributed by atoms with E-state index >= 15 is 0 Å². The summed E-state index contributed by atoms with van der Waals surface area (Å²) in [7, 11) is 0. The number of hydrogen-bond donors (Lipinski definition) is 0. The molecule has 3 aromatic heterocycles. The van der Waals surface area contributed by atoms with Crippen LogP contribution in [0.2, 0.25) is 0 Å². The summed E-state index contributed by atoms with van der Waals surface area (Å²) in [6.45, 7) is 4.16. The number of aromatic nitrogens is 3. The molecular weight excluding hydrogens is 422 g/mol. The molecule has 3 heterocycles. The average molecular weight is 442 g/mol. The van der Waals surface area contributed by atoms with E-state index in [1.54, 1.807) is 0 Å². The largest absolute Gasteiger partial charge is 0.486 e. The molecule has 0 saturated heterocycles. The normalized spacial score (nSPS) is 11.0. The average Bonchev–Trinajstić information content (AvgIpc) is 3.32. The summed E-state index contributed by atoms with van der Waals surface area (Å²) in [6.07, 6.45) is 0.0559. The molecule has 4 aromatic rings. The number of esters is 1. The molecule has 0 atom stereocenters. The van der Waals surface area contributed by atoms with Gasteiger partial charge in [0, 0.05) is 22.5 Å². The molecule has 154 valence electrons. The minimum atomic E-state index is -0.421. The Morgan fingerprint density at radius 2 is 1.83 bits per heavy atom. The number of rotatable bonds is 7. The maximum Gasteiger partial charge on any atom is 0.312 e. The molecule has 9 heteroatoms. The number of aryl methyl sites for hydroxylation is 2. The molecular formula is C21H19N3O4S2. The van der Waals surface area contributed by atoms with Gasteiger partial charge in [-0.25, -0.2) is 9.97 Å². The van der Waals surface area contributed by atoms with Crippen LogP contribution in [0.15, 0.2) is 45.9 Å². The standard InChI is InChI=1S/C21H19N3O4S2/c1-13-3-5-17(6-4-13)27-10-18-22-16(12-29-18)8-20(26)28-9-15-7-19(25)24-14(2)11-30-21(24)23-15/h3-7,11-12H,8-10H2,1-2H3. The number of fused-ring (bicyclic) bond motifs is 1. The van der Waals surface area contributed by atoms with Gasteiger partial charge in [0.1, 0.15) is 24.0 Å². The molecule has 7 nitrogen and oxygen atoms in total. The molecule has 0 saturated carbocycles. The molecule has 30 heavy (non-hydrogen) atoms. The zero-order valence-corrected chi connectivity index (χ0v) is 18.1. The van der Waals surface area contributed by atoms with Crippen molar-refractivity contribution < 1.29 is 14.3 Å². The molecule has 0 radical (unpaired) electrons. The van der Waals surface area contributed by atoms with Crippen molar-refractivity contribution in [2.24, 2.45) is 0 Å². The predicted octanol–water partition coefficient (Wildman–Crippen LogP) is 3.69. The number of hydrogen-bond acceptors (Lipinski definition) is 8. The fourth-order valence-electron chi connectivity index (χ4n) is 2.80. The lowest BCUT2D eigenvalue weighted by Crippen LogP contribution is -2.16. The van der Waals surface area contributed by atoms with Crippen molar-refractivity contribution in [2.75, 3.05) is 0 Å². The number of nitrogens with zero attached hydrogens (tertiary/aromatic N) is 3. The number of thiazole rings is 2. The Balaban J connectivity index is 1.30. The summed E-state index contributed by atoms with van der Waals surface area (Å²) in [5.41, 5.74) is 2.89. The summed E-state index contributed by atoms with van der Waals surface area (Å²) in [4.78, 5) is 33.7. The first-order valence-electron chi connectivity index (χ1n) is 9.23. The van der Waals surface area contributed by atoms with Crippen LogP contribution in [0.5, 0.6) is 5.75 Å². The fourth-order valence-corrected chi connectivity index (χ4v) is 4.40. The van der Waals surface area contributed by atoms with E-state index in [2.05, 4.69) is 9.97 Å². The second kappa shape index (κ2) is 8.76. The van der Waals surface area contributed by atoms with E-state index in [1.165, 1.54) is 38.7 Å². The van der Waals surface area contributed by atoms with Crippen LogP contribution in [-0.2, 0) is 29.2 Å². The van der Waals surface area contributed by atoms with E-state index in [0.717, 1.165) is 16.5 Å². The summed E-state index contributed by atoms with van der Waals surface area (Å²) < 4.78 is 12.5. The smallest absolute Gasteiger partial charge is 0.312 e. The number of ether oxygens (including phenoxy) is 2. The van der Waals surface area contributed by atoms with Crippen LogP contribution in [0.25, 0.3) is 4.96 Å². The Morgan fingerprint density at radius 1 is 1.03 bits per heavy atom. The highest BCUT2D eigenvalue weighted by atomic mass is 32.1. The van der Waals surface area contributed by atoms with Gasteiger partial charge in [0.05, 0.1) is 17.8 Å². The van der Waals surface area contributed by atoms with Gasteiger partial charge in [-0.3, -0.25) is 14.0 Å². The topological polar surface area (TPSA) is 82.8 Å². The fraction of sp³-hybridized carbons (Fsp3) is 0.238. The second-order valence-electron chi connectivity index (χ2n) is 6.75. The maximum atomic E-state index is 12.2. The molecule has 0 fully saturated rings. The Morgan fingerprint density at radius 3 is 2.63 bits per heavy atom. The lowest BCUT2D eigenvalue weighted by atomic mass is 10.2. The van der Waals surface area contributed by atoms with Crippen molar-refractivity contribution in [3.05, 3.63) is 79.1 Å². The zero-order chi connectivity index (χ0) is 21.1. The van der Waals surface area contributed by atoms with Crippen LogP contribution in [0, 0.1) is 13.8 Å². The van der Waals surface area contributed by atoms with Crippen LogP contribution in [0.4, 0.5) is 0 Å². The number of carbonyl (C=O) groups excluding carboxylic acids is 1. The third-order valence-electron chi connectivity index (χ3n) is 4.32. The van der Waals surface area contributed by atoms with E-state index in [9.17, 15) is 9.59 Å². The van der Waals surface area contributed by atoms with Crippen molar-refractivity contribution in [3.8, 4) is 5.75 Å². The lowest BCUT2D eigenvalue weighted by Gasteiger charge is -2.04. The third kappa shape index (κ3) is 4.74. The molecule has 0 unspecified atom stereocenters. The SMILES string of the molecule is Cc1ccc(OCc2nc(CC(=O)OCc3cc(=O)n4c(C)csc4n3)cs2)cc1. The van der Waals surface area contributed by atoms with Gasteiger partial charge in [0.15, 0.2) is 4.96 Å². The highest BCUT2D eigenvalue weighted by molar-refractivity contribution is 7.15. The van der Waals surface area contributed by atoms with Gasteiger partial charge in [-0.1, -0.05) is 17.7 Å². The van der Waals surface area contributed by atoms with Gasteiger partial charge in [-0.2, -0.15) is 0 Å². The van der Waals surface area contributed by atoms with Crippen LogP contribution < -0.4 is 10.3 Å². The Hall–Kier alpha value is -3.04. The van der Waals surface area contributed by atoms with Crippen molar-refractivity contribution in [1.82, 2.24) is 14.4 Å². The first-order chi connectivity index (χ1) is 14.5. The van der Waals surface area contributed by atoms with Gasteiger partial charge in [-0.05, 0) is 26.0 Å². The zero-order valence-electron chi connectivity index (χ0n) is 16.5. The third-order valence-corrected chi connectivity index (χ3v) is 6.13. The van der Waals surface area contributed by atoms with Gasteiger partial charge < -0.3 is 9.47 Å². The van der Waals surface area contributed by atoms with Crippen molar-refractivity contribution in [3.63, 3.8) is 0 Å². The van der Waals surface area contributed by atoms with Crippen LogP contribution in [0.1, 0.15) is 27.7 Å². The van der Waals surface area contributed by atoms with Crippen LogP contribution in [0.3, 0.4) is 0 Å². The van der Waals surface area contributed by atoms with E-state index in [-0.39, 0.29) is 18.6 Å². The molecule has 4 rings (SSSR count). The molecule has 1 aromatic carbocycles. The molecule has 0 spiro atoms. The van der Waals surface area contributed by atoms with Gasteiger partial charge in [0.25, 0.3) is 5.56 Å². The van der Waals surface area contributed by atoms with Crippen LogP contribution in [-0.4, -0.2) is 20.3 Å². The Kier molecular flexibility index (Phi) is 5.91. The summed E-state index contributed by atoms with van der Waals surface area (Å²) in [6, 6.07) is 9.19. The van der Waals surface area contributed by atoms with Gasteiger partial charge in [0.2, 0.25) is 0 Å². The van der Waals surface area contributed by atoms with Crippen molar-refractivity contribution >= 4 is 33.6 Å². The Labute approximate surface area is 180 Å². The predicted molar refractivity (Wildman–Crippen MR) is 115 cm³/mol. The molecule has 0 aliphatic rings. The molecule has 0 amide bonds. The summed E-state index contributed by atoms with van der Waals surface area (Å²) in [5.74, 6) is 0.355. The van der Waals surface area contributed by atoms with Crippen molar-refractivity contribution in [1.29, 1.82) is 0 Å². The summed E-state index contributed by atoms with van der Waals surface area (Å²) >= 11 is 2.81. The maximum absolute atomic E-state index is 12.2. The minimum absolute atomic E-state index is 0.0466. The second-order valence-corrected chi connectivity index (χ2v) is 8.53. The Bertz CT molecular complexity index is 1240. The first-order valence-corrected chi connectivity index (χ1v) is 11.0. The van der Waals surface area contributed by atoms with Gasteiger partial charge >= 0.3 is 5.97 Å². The lowest BCUT2D eigenvalue weighted by molar-refractivity contribution is -0.144. The molecule has 0 bridgehead atoms. The highest BCUT2D eigenvalue weighted by Crippen LogP contribution is 2.17. The summed E-state index contributed by atoms with van der Waals surface area (Å²) in [5, 5.41) is 4.47. The van der Waals surface area contributed by atoms with Crippen LogP contribution >= 0.6 is 22.7 Å². The minimum Gasteiger partial charge on any atom is -0.486 e. The van der Waals surface area contributed by atoms with E-state index in [4.69, 9.17) is 9.47 Å². The van der Waals surface area contributed by atoms with E-state index in [0.29, 0.717) is 23.0 Å². The molecule has 0 aliphatic heterocycles. The van der Waals surface area contributed by atoms with E-state index in [1.807, 2.05) is 48.9 Å². The van der Waals surface area contributed by atoms with Gasteiger partial charge in [-0.15, -0.1) is 22.7 Å². The number of benzene rings is 1. The highest BCUT2D eigenvalue weighted by Gasteiger charge is 2.12. The molecule has 0 aliphatic carbocycles. The monoisotopic (exact) mass is 441 g/mol. The number of carbonyl (C=O) groups is 1. The van der Waals surface area contributed by atoms with Crippen molar-refractivity contribution in [2.45, 2.75) is 33.5 Å². The molecule has 0 N–H and O–H groups in total. The quantitative estimate of drug-likeness (QED) is 0.407. The van der Waals surface area contributed by atoms with E-state index < -0.39 is 5.97 Å². The first kappa shape index (κ1) is 20.2.